The van der Waals surface area contributed by atoms with Crippen molar-refractivity contribution in [1.29, 1.82) is 0 Å². The van der Waals surface area contributed by atoms with Crippen molar-refractivity contribution in [3.05, 3.63) is 23.3 Å². The second kappa shape index (κ2) is 5.38. The zero-order valence-electron chi connectivity index (χ0n) is 12.6. The summed E-state index contributed by atoms with van der Waals surface area (Å²) >= 11 is 0. The number of allylic oxidation sites excluding steroid dienone is 3. The molecule has 0 radical (unpaired) electrons. The highest BCUT2D eigenvalue weighted by molar-refractivity contribution is 5.34. The van der Waals surface area contributed by atoms with Crippen molar-refractivity contribution in [2.45, 2.75) is 64.7 Å². The maximum absolute atomic E-state index is 13.3. The van der Waals surface area contributed by atoms with Gasteiger partial charge in [-0.15, -0.1) is 0 Å². The van der Waals surface area contributed by atoms with Crippen LogP contribution in [0, 0.1) is 5.41 Å². The molecule has 21 heavy (non-hydrogen) atoms. The molecule has 1 aliphatic carbocycles. The second-order valence-electron chi connectivity index (χ2n) is 6.48. The summed E-state index contributed by atoms with van der Waals surface area (Å²) in [6.07, 6.45) is -1.47. The molecule has 0 bridgehead atoms. The number of aliphatic hydroxyl groups is 1. The van der Waals surface area contributed by atoms with E-state index in [2.05, 4.69) is 0 Å². The van der Waals surface area contributed by atoms with E-state index in [4.69, 9.17) is 0 Å². The normalized spacial score (nSPS) is 23.5. The fraction of sp³-hybridized carbons (Fsp3) is 0.733. The number of hydrogen-bond acceptors (Lipinski definition) is 1. The van der Waals surface area contributed by atoms with Gasteiger partial charge < -0.3 is 5.11 Å². The van der Waals surface area contributed by atoms with E-state index in [9.17, 15) is 27.1 Å². The van der Waals surface area contributed by atoms with E-state index < -0.39 is 17.7 Å². The number of hydrogen-bond donors (Lipinski definition) is 1. The maximum atomic E-state index is 13.3. The van der Waals surface area contributed by atoms with Crippen LogP contribution in [0.5, 0.6) is 0 Å². The molecule has 6 heteroatoms. The highest BCUT2D eigenvalue weighted by atomic mass is 19.4. The van der Waals surface area contributed by atoms with Crippen LogP contribution < -0.4 is 0 Å². The van der Waals surface area contributed by atoms with Gasteiger partial charge in [-0.3, -0.25) is 0 Å². The van der Waals surface area contributed by atoms with E-state index in [0.29, 0.717) is 18.6 Å². The predicted molar refractivity (Wildman–Crippen MR) is 71.1 cm³/mol. The lowest BCUT2D eigenvalue weighted by atomic mass is 9.72. The third-order valence-corrected chi connectivity index (χ3v) is 4.11. The van der Waals surface area contributed by atoms with E-state index in [1.807, 2.05) is 20.8 Å². The predicted octanol–water partition coefficient (Wildman–Crippen LogP) is 5.02. The molecule has 0 aliphatic heterocycles. The Morgan fingerprint density at radius 3 is 2.10 bits per heavy atom. The van der Waals surface area contributed by atoms with Gasteiger partial charge in [0, 0.05) is 0 Å². The first-order valence-electron chi connectivity index (χ1n) is 6.79. The minimum Gasteiger partial charge on any atom is -0.379 e. The van der Waals surface area contributed by atoms with Gasteiger partial charge in [0.2, 0.25) is 0 Å². The van der Waals surface area contributed by atoms with Crippen LogP contribution in [0.1, 0.15) is 47.0 Å². The van der Waals surface area contributed by atoms with Crippen molar-refractivity contribution in [1.82, 2.24) is 0 Å². The summed E-state index contributed by atoms with van der Waals surface area (Å²) in [6.45, 7) is 6.12. The van der Waals surface area contributed by atoms with E-state index in [0.717, 1.165) is 24.8 Å². The SMILES string of the molecule is CC1=C(/C=C/C(C)(O)C(F)(F)C(F)(F)F)C(C)(C)CCC1. The zero-order chi connectivity index (χ0) is 16.7. The van der Waals surface area contributed by atoms with Crippen LogP contribution in [0.2, 0.25) is 0 Å². The standard InChI is InChI=1S/C15H21F5O/c1-10-6-5-8-12(2,3)11(10)7-9-13(4,21)14(16,17)15(18,19)20/h7,9,21H,5-6,8H2,1-4H3/b9-7+. The van der Waals surface area contributed by atoms with Gasteiger partial charge in [-0.1, -0.05) is 25.5 Å². The molecule has 0 spiro atoms. The Morgan fingerprint density at radius 1 is 1.14 bits per heavy atom. The molecule has 1 N–H and O–H groups in total. The molecule has 0 saturated heterocycles. The molecule has 0 fully saturated rings. The summed E-state index contributed by atoms with van der Waals surface area (Å²) in [6, 6.07) is 0. The van der Waals surface area contributed by atoms with Crippen LogP contribution in [0.4, 0.5) is 22.0 Å². The summed E-state index contributed by atoms with van der Waals surface area (Å²) in [5.41, 5.74) is -1.92. The van der Waals surface area contributed by atoms with E-state index in [-0.39, 0.29) is 5.41 Å². The minimum absolute atomic E-state index is 0.303. The van der Waals surface area contributed by atoms with Gasteiger partial charge in [0.05, 0.1) is 0 Å². The first-order valence-corrected chi connectivity index (χ1v) is 6.79. The Labute approximate surface area is 121 Å². The molecule has 0 aromatic carbocycles. The summed E-state index contributed by atoms with van der Waals surface area (Å²) < 4.78 is 63.7. The molecule has 1 atom stereocenters. The van der Waals surface area contributed by atoms with Gasteiger partial charge in [0.15, 0.2) is 5.60 Å². The van der Waals surface area contributed by atoms with E-state index in [1.165, 1.54) is 6.08 Å². The molecule has 0 amide bonds. The Bertz CT molecular complexity index is 455. The first-order chi connectivity index (χ1) is 9.22. The summed E-state index contributed by atoms with van der Waals surface area (Å²) in [5.74, 6) is -5.20. The Hall–Kier alpha value is -0.910. The van der Waals surface area contributed by atoms with Crippen molar-refractivity contribution < 1.29 is 27.1 Å². The Balaban J connectivity index is 3.14. The molecule has 0 saturated carbocycles. The second-order valence-corrected chi connectivity index (χ2v) is 6.48. The minimum atomic E-state index is -5.80. The quantitative estimate of drug-likeness (QED) is 0.726. The highest BCUT2D eigenvalue weighted by Gasteiger charge is 2.67. The van der Waals surface area contributed by atoms with Gasteiger partial charge in [-0.05, 0) is 50.2 Å². The summed E-state index contributed by atoms with van der Waals surface area (Å²) in [7, 11) is 0. The van der Waals surface area contributed by atoms with Crippen molar-refractivity contribution in [3.8, 4) is 0 Å². The molecule has 0 heterocycles. The largest absolute Gasteiger partial charge is 0.456 e. The van der Waals surface area contributed by atoms with Crippen LogP contribution in [-0.4, -0.2) is 22.8 Å². The lowest BCUT2D eigenvalue weighted by Crippen LogP contribution is -2.54. The highest BCUT2D eigenvalue weighted by Crippen LogP contribution is 2.45. The fourth-order valence-electron chi connectivity index (χ4n) is 2.65. The first kappa shape index (κ1) is 18.1. The van der Waals surface area contributed by atoms with Crippen LogP contribution in [-0.2, 0) is 0 Å². The van der Waals surface area contributed by atoms with Gasteiger partial charge in [0.1, 0.15) is 0 Å². The van der Waals surface area contributed by atoms with Crippen molar-refractivity contribution in [3.63, 3.8) is 0 Å². The smallest absolute Gasteiger partial charge is 0.379 e. The molecule has 1 nitrogen and oxygen atoms in total. The zero-order valence-corrected chi connectivity index (χ0v) is 12.6. The van der Waals surface area contributed by atoms with Gasteiger partial charge in [-0.25, -0.2) is 0 Å². The molecule has 0 aromatic rings. The lowest BCUT2D eigenvalue weighted by Gasteiger charge is -2.35. The Morgan fingerprint density at radius 2 is 1.67 bits per heavy atom. The van der Waals surface area contributed by atoms with Crippen LogP contribution >= 0.6 is 0 Å². The van der Waals surface area contributed by atoms with Gasteiger partial charge in [-0.2, -0.15) is 22.0 Å². The van der Waals surface area contributed by atoms with Crippen molar-refractivity contribution in [2.24, 2.45) is 5.41 Å². The molecule has 1 aliphatic rings. The van der Waals surface area contributed by atoms with Crippen LogP contribution in [0.3, 0.4) is 0 Å². The monoisotopic (exact) mass is 312 g/mol. The average Bonchev–Trinajstić information content (AvgIpc) is 2.25. The van der Waals surface area contributed by atoms with Gasteiger partial charge in [0.25, 0.3) is 0 Å². The van der Waals surface area contributed by atoms with E-state index in [1.54, 1.807) is 0 Å². The molecule has 0 aromatic heterocycles. The van der Waals surface area contributed by atoms with Crippen LogP contribution in [0.15, 0.2) is 23.3 Å². The molecule has 122 valence electrons. The van der Waals surface area contributed by atoms with Gasteiger partial charge >= 0.3 is 12.1 Å². The number of halogens is 5. The number of alkyl halides is 5. The topological polar surface area (TPSA) is 20.2 Å². The summed E-state index contributed by atoms with van der Waals surface area (Å²) in [5, 5.41) is 9.59. The molecule has 1 rings (SSSR count). The molecular formula is C15H21F5O. The molecule has 1 unspecified atom stereocenters. The molecular weight excluding hydrogens is 291 g/mol. The maximum Gasteiger partial charge on any atom is 0.456 e. The third kappa shape index (κ3) is 3.47. The van der Waals surface area contributed by atoms with Crippen molar-refractivity contribution >= 4 is 0 Å². The fourth-order valence-corrected chi connectivity index (χ4v) is 2.65. The summed E-state index contributed by atoms with van der Waals surface area (Å²) in [4.78, 5) is 0. The van der Waals surface area contributed by atoms with Crippen molar-refractivity contribution in [2.75, 3.05) is 0 Å². The number of rotatable bonds is 3. The third-order valence-electron chi connectivity index (χ3n) is 4.11. The average molecular weight is 312 g/mol. The Kier molecular flexibility index (Phi) is 4.64. The lowest BCUT2D eigenvalue weighted by molar-refractivity contribution is -0.327. The van der Waals surface area contributed by atoms with Crippen LogP contribution in [0.25, 0.3) is 0 Å². The van der Waals surface area contributed by atoms with E-state index >= 15 is 0 Å².